The molecule has 0 saturated carbocycles. The molecule has 0 fully saturated rings. The van der Waals surface area contributed by atoms with Crippen LogP contribution < -0.4 is 0 Å². The molecule has 4 rings (SSSR count). The Morgan fingerprint density at radius 3 is 1.60 bits per heavy atom. The predicted molar refractivity (Wildman–Crippen MR) is 92.1 cm³/mol. The molecule has 0 spiro atoms. The van der Waals surface area contributed by atoms with E-state index >= 15 is 0 Å². The van der Waals surface area contributed by atoms with Crippen molar-refractivity contribution in [2.24, 2.45) is 0 Å². The highest BCUT2D eigenvalue weighted by Gasteiger charge is 2.10. The lowest BCUT2D eigenvalue weighted by atomic mass is 10.0. The van der Waals surface area contributed by atoms with Crippen molar-refractivity contribution in [1.82, 2.24) is 0 Å². The first-order chi connectivity index (χ1) is 9.90. The maximum atomic E-state index is 2.39. The zero-order chi connectivity index (χ0) is 13.4. The number of hydrogen-bond donors (Lipinski definition) is 0. The Labute approximate surface area is 127 Å². The summed E-state index contributed by atoms with van der Waals surface area (Å²) in [5, 5.41) is 5.42. The summed E-state index contributed by atoms with van der Waals surface area (Å²) in [7, 11) is 0. The van der Waals surface area contributed by atoms with Gasteiger partial charge in [0.25, 0.3) is 0 Å². The molecule has 0 N–H and O–H groups in total. The van der Waals surface area contributed by atoms with Crippen molar-refractivity contribution in [3.8, 4) is 0 Å². The molecular weight excluding hydrogens is 280 g/mol. The van der Waals surface area contributed by atoms with E-state index in [0.29, 0.717) is 0 Å². The third kappa shape index (κ3) is 2.32. The minimum atomic E-state index is 1.26. The van der Waals surface area contributed by atoms with Crippen molar-refractivity contribution < 1.29 is 0 Å². The molecule has 0 radical (unpaired) electrons. The fourth-order valence-corrected chi connectivity index (χ4v) is 5.06. The van der Waals surface area contributed by atoms with E-state index in [-0.39, 0.29) is 0 Å². The lowest BCUT2D eigenvalue weighted by Crippen LogP contribution is -1.91. The normalized spacial score (nSPS) is 15.8. The van der Waals surface area contributed by atoms with Gasteiger partial charge in [-0.3, -0.25) is 0 Å². The first kappa shape index (κ1) is 12.6. The van der Waals surface area contributed by atoms with Gasteiger partial charge in [-0.2, -0.15) is 0 Å². The monoisotopic (exact) mass is 296 g/mol. The third-order valence-electron chi connectivity index (χ3n) is 3.82. The Morgan fingerprint density at radius 2 is 1.10 bits per heavy atom. The minimum absolute atomic E-state index is 1.26. The van der Waals surface area contributed by atoms with Crippen LogP contribution in [0.2, 0.25) is 0 Å². The second kappa shape index (κ2) is 5.34. The van der Waals surface area contributed by atoms with Crippen LogP contribution >= 0.6 is 23.5 Å². The van der Waals surface area contributed by atoms with Gasteiger partial charge in [-0.15, -0.1) is 23.5 Å². The highest BCUT2D eigenvalue weighted by molar-refractivity contribution is 8.02. The predicted octanol–water partition coefficient (Wildman–Crippen LogP) is 5.97. The van der Waals surface area contributed by atoms with Crippen molar-refractivity contribution in [3.05, 3.63) is 48.5 Å². The molecule has 3 aromatic rings. The molecule has 20 heavy (non-hydrogen) atoms. The smallest absolute Gasteiger partial charge is 0.0214 e. The zero-order valence-electron chi connectivity index (χ0n) is 11.3. The first-order valence-corrected chi connectivity index (χ1v) is 9.09. The van der Waals surface area contributed by atoms with Crippen molar-refractivity contribution in [1.29, 1.82) is 0 Å². The Balaban J connectivity index is 1.94. The quantitative estimate of drug-likeness (QED) is 0.469. The van der Waals surface area contributed by atoms with Crippen molar-refractivity contribution >= 4 is 45.1 Å². The van der Waals surface area contributed by atoms with Crippen LogP contribution in [0.5, 0.6) is 0 Å². The Morgan fingerprint density at radius 1 is 0.600 bits per heavy atom. The highest BCUT2D eigenvalue weighted by atomic mass is 32.2. The molecule has 0 saturated heterocycles. The summed E-state index contributed by atoms with van der Waals surface area (Å²) >= 11 is 4.04. The lowest BCUT2D eigenvalue weighted by molar-refractivity contribution is 0.901. The molecule has 1 aliphatic heterocycles. The van der Waals surface area contributed by atoms with Gasteiger partial charge in [0.1, 0.15) is 0 Å². The van der Waals surface area contributed by atoms with Gasteiger partial charge < -0.3 is 0 Å². The highest BCUT2D eigenvalue weighted by Crippen LogP contribution is 2.38. The molecule has 1 heterocycles. The molecule has 0 aliphatic carbocycles. The van der Waals surface area contributed by atoms with Crippen LogP contribution in [0.1, 0.15) is 12.8 Å². The van der Waals surface area contributed by atoms with E-state index in [2.05, 4.69) is 48.5 Å². The topological polar surface area (TPSA) is 0 Å². The van der Waals surface area contributed by atoms with E-state index in [1.807, 2.05) is 23.5 Å². The minimum Gasteiger partial charge on any atom is -0.125 e. The molecule has 0 atom stereocenters. The van der Waals surface area contributed by atoms with Crippen LogP contribution in [0.4, 0.5) is 0 Å². The summed E-state index contributed by atoms with van der Waals surface area (Å²) < 4.78 is 0. The first-order valence-electron chi connectivity index (χ1n) is 7.12. The van der Waals surface area contributed by atoms with Crippen LogP contribution in [0, 0.1) is 0 Å². The number of hydrogen-bond acceptors (Lipinski definition) is 2. The maximum absolute atomic E-state index is 2.39. The molecular formula is C18H16S2. The average Bonchev–Trinajstić information content (AvgIpc) is 2.45. The summed E-state index contributed by atoms with van der Waals surface area (Å²) in [5.74, 6) is 2.51. The van der Waals surface area contributed by atoms with Gasteiger partial charge in [0, 0.05) is 9.79 Å². The van der Waals surface area contributed by atoms with Gasteiger partial charge in [0.2, 0.25) is 0 Å². The standard InChI is InChI=1S/C18H16S2/c1-2-6-14-10-16-12-18-17(19-7-3-4-8-20-18)11-15(16)9-13(14)5-1/h1-2,5-6,9-12H,3-4,7-8H2. The Kier molecular flexibility index (Phi) is 3.37. The largest absolute Gasteiger partial charge is 0.125 e. The van der Waals surface area contributed by atoms with E-state index in [0.717, 1.165) is 0 Å². The number of thioether (sulfide) groups is 2. The fraction of sp³-hybridized carbons (Fsp3) is 0.222. The summed E-state index contributed by atoms with van der Waals surface area (Å²) in [5.41, 5.74) is 0. The molecule has 0 nitrogen and oxygen atoms in total. The second-order valence-electron chi connectivity index (χ2n) is 5.25. The number of benzene rings is 3. The van der Waals surface area contributed by atoms with Crippen molar-refractivity contribution in [2.45, 2.75) is 22.6 Å². The molecule has 0 aromatic heterocycles. The van der Waals surface area contributed by atoms with Crippen LogP contribution in [-0.2, 0) is 0 Å². The Bertz CT molecular complexity index is 711. The molecule has 0 amide bonds. The summed E-state index contributed by atoms with van der Waals surface area (Å²) in [4.78, 5) is 2.94. The average molecular weight is 296 g/mol. The van der Waals surface area contributed by atoms with Gasteiger partial charge in [0.05, 0.1) is 0 Å². The molecule has 3 aromatic carbocycles. The van der Waals surface area contributed by atoms with Gasteiger partial charge in [0.15, 0.2) is 0 Å². The SMILES string of the molecule is c1ccc2cc3cc4c(cc3cc2c1)SCCCCS4. The molecule has 100 valence electrons. The van der Waals surface area contributed by atoms with E-state index in [9.17, 15) is 0 Å². The Hall–Kier alpha value is -1.12. The fourth-order valence-electron chi connectivity index (χ4n) is 2.74. The zero-order valence-corrected chi connectivity index (χ0v) is 12.9. The van der Waals surface area contributed by atoms with Crippen LogP contribution in [0.15, 0.2) is 58.3 Å². The van der Waals surface area contributed by atoms with Crippen LogP contribution in [0.25, 0.3) is 21.5 Å². The van der Waals surface area contributed by atoms with Gasteiger partial charge in [-0.25, -0.2) is 0 Å². The number of fused-ring (bicyclic) bond motifs is 3. The maximum Gasteiger partial charge on any atom is 0.0214 e. The van der Waals surface area contributed by atoms with Gasteiger partial charge >= 0.3 is 0 Å². The van der Waals surface area contributed by atoms with E-state index in [1.165, 1.54) is 55.7 Å². The van der Waals surface area contributed by atoms with E-state index in [1.54, 1.807) is 0 Å². The summed E-state index contributed by atoms with van der Waals surface area (Å²) in [6.07, 6.45) is 2.68. The van der Waals surface area contributed by atoms with E-state index in [4.69, 9.17) is 0 Å². The van der Waals surface area contributed by atoms with Crippen LogP contribution in [0.3, 0.4) is 0 Å². The molecule has 2 heteroatoms. The lowest BCUT2D eigenvalue weighted by Gasteiger charge is -2.14. The van der Waals surface area contributed by atoms with E-state index < -0.39 is 0 Å². The molecule has 0 unspecified atom stereocenters. The summed E-state index contributed by atoms with van der Waals surface area (Å²) in [6, 6.07) is 18.1. The molecule has 1 aliphatic rings. The molecule has 0 bridgehead atoms. The third-order valence-corrected chi connectivity index (χ3v) is 6.23. The summed E-state index contributed by atoms with van der Waals surface area (Å²) in [6.45, 7) is 0. The van der Waals surface area contributed by atoms with Crippen molar-refractivity contribution in [3.63, 3.8) is 0 Å². The number of rotatable bonds is 0. The van der Waals surface area contributed by atoms with Crippen molar-refractivity contribution in [2.75, 3.05) is 11.5 Å². The van der Waals surface area contributed by atoms with Crippen LogP contribution in [-0.4, -0.2) is 11.5 Å². The second-order valence-corrected chi connectivity index (χ2v) is 7.52. The van der Waals surface area contributed by atoms with Gasteiger partial charge in [-0.05, 0) is 70.2 Å². The van der Waals surface area contributed by atoms with Gasteiger partial charge in [-0.1, -0.05) is 24.3 Å².